The molecule has 1 aliphatic rings. The van der Waals surface area contributed by atoms with E-state index in [2.05, 4.69) is 29.2 Å². The van der Waals surface area contributed by atoms with E-state index in [9.17, 15) is 8.42 Å². The van der Waals surface area contributed by atoms with Gasteiger partial charge >= 0.3 is 0 Å². The molecule has 1 aromatic carbocycles. The second-order valence-corrected chi connectivity index (χ2v) is 8.69. The van der Waals surface area contributed by atoms with Crippen molar-refractivity contribution in [3.8, 4) is 11.3 Å². The Labute approximate surface area is 138 Å². The van der Waals surface area contributed by atoms with E-state index in [1.165, 1.54) is 11.8 Å². The number of furan rings is 1. The van der Waals surface area contributed by atoms with E-state index < -0.39 is 9.84 Å². The minimum absolute atomic E-state index is 0.265. The second kappa shape index (κ2) is 6.89. The summed E-state index contributed by atoms with van der Waals surface area (Å²) >= 11 is 0. The largest absolute Gasteiger partial charge is 0.464 e. The van der Waals surface area contributed by atoms with E-state index >= 15 is 0 Å². The smallest absolute Gasteiger partial charge is 0.147 e. The van der Waals surface area contributed by atoms with Gasteiger partial charge in [0.05, 0.1) is 12.0 Å². The van der Waals surface area contributed by atoms with Gasteiger partial charge in [0, 0.05) is 24.9 Å². The molecule has 4 nitrogen and oxygen atoms in total. The lowest BCUT2D eigenvalue weighted by molar-refractivity contribution is 0.178. The number of likely N-dealkylation sites (tertiary alicyclic amines) is 1. The molecule has 3 rings (SSSR count). The van der Waals surface area contributed by atoms with Gasteiger partial charge in [-0.2, -0.15) is 0 Å². The summed E-state index contributed by atoms with van der Waals surface area (Å²) in [7, 11) is -2.89. The molecule has 1 unspecified atom stereocenters. The molecule has 2 aromatic rings. The van der Waals surface area contributed by atoms with Gasteiger partial charge < -0.3 is 4.42 Å². The number of hydrogen-bond donors (Lipinski definition) is 0. The summed E-state index contributed by atoms with van der Waals surface area (Å²) in [6.45, 7) is 2.78. The summed E-state index contributed by atoms with van der Waals surface area (Å²) < 4.78 is 28.4. The third-order valence-corrected chi connectivity index (χ3v) is 5.38. The number of rotatable bonds is 5. The molecule has 0 saturated carbocycles. The maximum atomic E-state index is 11.5. The van der Waals surface area contributed by atoms with Gasteiger partial charge in [0.1, 0.15) is 15.6 Å². The standard InChI is InChI=1S/C18H23NO3S/c1-23(20,21)14-16-4-2-10-19(13-16)12-15-6-8-17(9-7-15)18-5-3-11-22-18/h3,5-9,11,16H,2,4,10,12-14H2,1H3. The van der Waals surface area contributed by atoms with Gasteiger partial charge in [0.2, 0.25) is 0 Å². The molecule has 5 heteroatoms. The van der Waals surface area contributed by atoms with Crippen LogP contribution in [0.15, 0.2) is 47.1 Å². The number of sulfone groups is 1. The molecule has 2 heterocycles. The van der Waals surface area contributed by atoms with E-state index in [0.29, 0.717) is 5.75 Å². The van der Waals surface area contributed by atoms with Crippen molar-refractivity contribution in [3.05, 3.63) is 48.2 Å². The SMILES string of the molecule is CS(=O)(=O)CC1CCCN(Cc2ccc(-c3ccco3)cc2)C1. The Bertz CT molecular complexity index is 720. The highest BCUT2D eigenvalue weighted by atomic mass is 32.2. The molecule has 0 spiro atoms. The third-order valence-electron chi connectivity index (χ3n) is 4.31. The van der Waals surface area contributed by atoms with Crippen LogP contribution in [-0.4, -0.2) is 38.4 Å². The molecule has 0 bridgehead atoms. The van der Waals surface area contributed by atoms with Crippen LogP contribution < -0.4 is 0 Å². The van der Waals surface area contributed by atoms with Crippen LogP contribution >= 0.6 is 0 Å². The van der Waals surface area contributed by atoms with Crippen LogP contribution in [0.1, 0.15) is 18.4 Å². The predicted octanol–water partition coefficient (Wildman–Crippen LogP) is 3.20. The van der Waals surface area contributed by atoms with Gasteiger partial charge in [-0.05, 0) is 43.0 Å². The van der Waals surface area contributed by atoms with E-state index in [1.54, 1.807) is 6.26 Å². The average Bonchev–Trinajstić information content (AvgIpc) is 3.01. The van der Waals surface area contributed by atoms with Gasteiger partial charge in [-0.25, -0.2) is 8.42 Å². The highest BCUT2D eigenvalue weighted by molar-refractivity contribution is 7.90. The lowest BCUT2D eigenvalue weighted by Gasteiger charge is -2.32. The van der Waals surface area contributed by atoms with Gasteiger partial charge in [0.15, 0.2) is 0 Å². The summed E-state index contributed by atoms with van der Waals surface area (Å²) in [5, 5.41) is 0. The van der Waals surface area contributed by atoms with Crippen LogP contribution in [0.4, 0.5) is 0 Å². The zero-order valence-electron chi connectivity index (χ0n) is 13.4. The molecule has 1 aromatic heterocycles. The Kier molecular flexibility index (Phi) is 4.87. The first-order chi connectivity index (χ1) is 11.0. The fourth-order valence-electron chi connectivity index (χ4n) is 3.33. The third kappa shape index (κ3) is 4.69. The summed E-state index contributed by atoms with van der Waals surface area (Å²) in [4.78, 5) is 2.36. The Hall–Kier alpha value is -1.59. The van der Waals surface area contributed by atoms with E-state index in [0.717, 1.165) is 43.8 Å². The van der Waals surface area contributed by atoms with Crippen molar-refractivity contribution in [1.82, 2.24) is 4.90 Å². The van der Waals surface area contributed by atoms with Crippen LogP contribution in [0.25, 0.3) is 11.3 Å². The Morgan fingerprint density at radius 1 is 1.22 bits per heavy atom. The molecule has 124 valence electrons. The van der Waals surface area contributed by atoms with Crippen LogP contribution in [0.2, 0.25) is 0 Å². The summed E-state index contributed by atoms with van der Waals surface area (Å²) in [5.74, 6) is 1.45. The maximum absolute atomic E-state index is 11.5. The fraction of sp³-hybridized carbons (Fsp3) is 0.444. The van der Waals surface area contributed by atoms with E-state index in [1.807, 2.05) is 12.1 Å². The first-order valence-electron chi connectivity index (χ1n) is 8.02. The minimum Gasteiger partial charge on any atom is -0.464 e. The van der Waals surface area contributed by atoms with E-state index in [-0.39, 0.29) is 5.92 Å². The lowest BCUT2D eigenvalue weighted by Crippen LogP contribution is -2.37. The van der Waals surface area contributed by atoms with Crippen LogP contribution in [0.3, 0.4) is 0 Å². The van der Waals surface area contributed by atoms with Crippen molar-refractivity contribution < 1.29 is 12.8 Å². The molecule has 0 radical (unpaired) electrons. The molecule has 1 atom stereocenters. The van der Waals surface area contributed by atoms with Crippen LogP contribution in [0.5, 0.6) is 0 Å². The van der Waals surface area contributed by atoms with Gasteiger partial charge in [-0.15, -0.1) is 0 Å². The molecule has 1 saturated heterocycles. The molecule has 1 aliphatic heterocycles. The number of piperidine rings is 1. The molecule has 0 amide bonds. The first-order valence-corrected chi connectivity index (χ1v) is 10.1. The lowest BCUT2D eigenvalue weighted by atomic mass is 9.99. The van der Waals surface area contributed by atoms with Gasteiger partial charge in [-0.1, -0.05) is 24.3 Å². The van der Waals surface area contributed by atoms with Crippen LogP contribution in [0, 0.1) is 5.92 Å². The van der Waals surface area contributed by atoms with Crippen molar-refractivity contribution >= 4 is 9.84 Å². The van der Waals surface area contributed by atoms with Crippen molar-refractivity contribution in [2.45, 2.75) is 19.4 Å². The number of nitrogens with zero attached hydrogens (tertiary/aromatic N) is 1. The normalized spacial score (nSPS) is 19.8. The fourth-order valence-corrected chi connectivity index (χ4v) is 4.46. The Morgan fingerprint density at radius 2 is 2.00 bits per heavy atom. The topological polar surface area (TPSA) is 50.5 Å². The zero-order valence-corrected chi connectivity index (χ0v) is 14.3. The van der Waals surface area contributed by atoms with E-state index in [4.69, 9.17) is 4.42 Å². The van der Waals surface area contributed by atoms with Crippen molar-refractivity contribution in [1.29, 1.82) is 0 Å². The number of hydrogen-bond acceptors (Lipinski definition) is 4. The Balaban J connectivity index is 1.60. The molecule has 0 N–H and O–H groups in total. The molecular formula is C18H23NO3S. The van der Waals surface area contributed by atoms with Gasteiger partial charge in [-0.3, -0.25) is 4.90 Å². The van der Waals surface area contributed by atoms with Crippen molar-refractivity contribution in [2.75, 3.05) is 25.1 Å². The second-order valence-electron chi connectivity index (χ2n) is 6.51. The summed E-state index contributed by atoms with van der Waals surface area (Å²) in [6, 6.07) is 12.2. The maximum Gasteiger partial charge on any atom is 0.147 e. The summed E-state index contributed by atoms with van der Waals surface area (Å²) in [5.41, 5.74) is 2.33. The first kappa shape index (κ1) is 16.3. The zero-order chi connectivity index (χ0) is 16.3. The van der Waals surface area contributed by atoms with Gasteiger partial charge in [0.25, 0.3) is 0 Å². The monoisotopic (exact) mass is 333 g/mol. The highest BCUT2D eigenvalue weighted by Gasteiger charge is 2.23. The average molecular weight is 333 g/mol. The highest BCUT2D eigenvalue weighted by Crippen LogP contribution is 2.23. The van der Waals surface area contributed by atoms with Crippen molar-refractivity contribution in [2.24, 2.45) is 5.92 Å². The number of benzene rings is 1. The molecule has 1 fully saturated rings. The van der Waals surface area contributed by atoms with Crippen molar-refractivity contribution in [3.63, 3.8) is 0 Å². The van der Waals surface area contributed by atoms with Crippen LogP contribution in [-0.2, 0) is 16.4 Å². The Morgan fingerprint density at radius 3 is 2.65 bits per heavy atom. The minimum atomic E-state index is -2.89. The predicted molar refractivity (Wildman–Crippen MR) is 91.9 cm³/mol. The molecule has 0 aliphatic carbocycles. The molecular weight excluding hydrogens is 310 g/mol. The molecule has 23 heavy (non-hydrogen) atoms. The quantitative estimate of drug-likeness (QED) is 0.843. The summed E-state index contributed by atoms with van der Waals surface area (Å²) in [6.07, 6.45) is 5.10.